The molecular weight excluding hydrogens is 509 g/mol. The van der Waals surface area contributed by atoms with Gasteiger partial charge in [0.05, 0.1) is 31.4 Å². The highest BCUT2D eigenvalue weighted by Gasteiger charge is 2.48. The van der Waals surface area contributed by atoms with Crippen molar-refractivity contribution < 1.29 is 41.4 Å². The number of fused-ring (bicyclic) bond motifs is 1. The van der Waals surface area contributed by atoms with Crippen LogP contribution in [-0.4, -0.2) is 72.3 Å². The fourth-order valence-electron chi connectivity index (χ4n) is 4.24. The number of ether oxygens (including phenoxy) is 3. The topological polar surface area (TPSA) is 115 Å². The van der Waals surface area contributed by atoms with E-state index < -0.39 is 54.7 Å². The molecule has 3 amide bonds. The van der Waals surface area contributed by atoms with Gasteiger partial charge in [-0.15, -0.1) is 0 Å². The van der Waals surface area contributed by atoms with Crippen LogP contribution in [0.1, 0.15) is 64.1 Å². The Kier molecular flexibility index (Phi) is 7.80. The molecule has 2 heterocycles. The average molecular weight is 543 g/mol. The molecule has 0 bridgehead atoms. The number of halogens is 3. The number of nitrogens with one attached hydrogen (secondary N) is 2. The zero-order valence-electron chi connectivity index (χ0n) is 21.9. The van der Waals surface area contributed by atoms with E-state index in [1.165, 1.54) is 7.11 Å². The summed E-state index contributed by atoms with van der Waals surface area (Å²) >= 11 is 0. The van der Waals surface area contributed by atoms with Gasteiger partial charge in [-0.3, -0.25) is 0 Å². The first-order valence-electron chi connectivity index (χ1n) is 12.4. The van der Waals surface area contributed by atoms with Gasteiger partial charge in [0, 0.05) is 7.11 Å². The van der Waals surface area contributed by atoms with Crippen LogP contribution >= 0.6 is 0 Å². The molecule has 2 aromatic rings. The second-order valence-electron chi connectivity index (χ2n) is 10.6. The average Bonchev–Trinajstić information content (AvgIpc) is 3.36. The molecule has 210 valence electrons. The van der Waals surface area contributed by atoms with Gasteiger partial charge in [0.25, 0.3) is 0 Å². The number of nitrogens with zero attached hydrogens (tertiary/aromatic N) is 2. The SMILES string of the molecule is COC[C@H](c1ccc2oc([C@@H](NC(=O)OC(C)(C)C)[C@@H](C)OC3CC3)nc2c1)N1C[C@@H](C(F)(F)F)NC1=O. The summed E-state index contributed by atoms with van der Waals surface area (Å²) in [5, 5.41) is 4.76. The summed E-state index contributed by atoms with van der Waals surface area (Å²) in [6, 6.07) is 0.563. The maximum absolute atomic E-state index is 13.2. The molecule has 1 aliphatic heterocycles. The normalized spacial score (nSPS) is 20.8. The van der Waals surface area contributed by atoms with E-state index in [1.54, 1.807) is 45.9 Å². The van der Waals surface area contributed by atoms with Crippen LogP contribution in [0.2, 0.25) is 0 Å². The van der Waals surface area contributed by atoms with Crippen LogP contribution < -0.4 is 10.6 Å². The Morgan fingerprint density at radius 1 is 1.29 bits per heavy atom. The Morgan fingerprint density at radius 2 is 2.00 bits per heavy atom. The largest absolute Gasteiger partial charge is 0.444 e. The summed E-state index contributed by atoms with van der Waals surface area (Å²) in [6.45, 7) is 6.49. The lowest BCUT2D eigenvalue weighted by Crippen LogP contribution is -2.40. The Bertz CT molecular complexity index is 1160. The van der Waals surface area contributed by atoms with Crippen LogP contribution in [-0.2, 0) is 14.2 Å². The van der Waals surface area contributed by atoms with Crippen molar-refractivity contribution in [1.82, 2.24) is 20.5 Å². The van der Waals surface area contributed by atoms with E-state index in [2.05, 4.69) is 10.3 Å². The molecule has 1 aliphatic carbocycles. The Labute approximate surface area is 218 Å². The lowest BCUT2D eigenvalue weighted by molar-refractivity contribution is -0.150. The van der Waals surface area contributed by atoms with Gasteiger partial charge in [-0.25, -0.2) is 14.6 Å². The first-order chi connectivity index (χ1) is 17.7. The molecule has 0 radical (unpaired) electrons. The Hall–Kier alpha value is -3.06. The number of carbonyl (C=O) groups is 2. The number of benzene rings is 1. The summed E-state index contributed by atoms with van der Waals surface area (Å²) in [5.74, 6) is 0.190. The molecule has 13 heteroatoms. The molecule has 4 rings (SSSR count). The van der Waals surface area contributed by atoms with Gasteiger partial charge in [-0.2, -0.15) is 13.2 Å². The number of hydrogen-bond acceptors (Lipinski definition) is 7. The molecule has 4 atom stereocenters. The van der Waals surface area contributed by atoms with Crippen molar-refractivity contribution in [1.29, 1.82) is 0 Å². The van der Waals surface area contributed by atoms with Crippen LogP contribution in [0.5, 0.6) is 0 Å². The van der Waals surface area contributed by atoms with Crippen molar-refractivity contribution >= 4 is 23.2 Å². The molecule has 1 saturated heterocycles. The lowest BCUT2D eigenvalue weighted by atomic mass is 10.1. The monoisotopic (exact) mass is 542 g/mol. The Balaban J connectivity index is 1.61. The molecule has 10 nitrogen and oxygen atoms in total. The third-order valence-electron chi connectivity index (χ3n) is 6.19. The minimum Gasteiger partial charge on any atom is -0.444 e. The van der Waals surface area contributed by atoms with Crippen LogP contribution in [0.15, 0.2) is 22.6 Å². The second-order valence-corrected chi connectivity index (χ2v) is 10.6. The first-order valence-corrected chi connectivity index (χ1v) is 12.4. The van der Waals surface area contributed by atoms with E-state index in [4.69, 9.17) is 18.6 Å². The van der Waals surface area contributed by atoms with Gasteiger partial charge in [-0.1, -0.05) is 6.07 Å². The third kappa shape index (κ3) is 6.68. The van der Waals surface area contributed by atoms with Gasteiger partial charge in [0.1, 0.15) is 23.2 Å². The maximum atomic E-state index is 13.2. The zero-order valence-corrected chi connectivity index (χ0v) is 21.9. The van der Waals surface area contributed by atoms with Crippen molar-refractivity contribution in [2.75, 3.05) is 20.3 Å². The number of aromatic nitrogens is 1. The highest BCUT2D eigenvalue weighted by atomic mass is 19.4. The van der Waals surface area contributed by atoms with Crippen LogP contribution in [0.4, 0.5) is 22.8 Å². The highest BCUT2D eigenvalue weighted by Crippen LogP contribution is 2.34. The zero-order chi connectivity index (χ0) is 27.8. The molecule has 0 unspecified atom stereocenters. The van der Waals surface area contributed by atoms with Crippen molar-refractivity contribution in [3.63, 3.8) is 0 Å². The standard InChI is InChI=1S/C25H33F3N4O6/c1-13(36-15-7-8-15)20(31-23(34)38-24(2,3)4)21-29-16-10-14(6-9-18(16)37-21)17(12-35-5)32-11-19(25(26,27)28)30-22(32)33/h6,9-10,13,15,17,19-20H,7-8,11-12H2,1-5H3,(H,30,33)(H,31,34)/t13-,17-,19+,20+/m1/s1. The van der Waals surface area contributed by atoms with Gasteiger partial charge in [-0.05, 0) is 58.2 Å². The van der Waals surface area contributed by atoms with Crippen LogP contribution in [0.3, 0.4) is 0 Å². The van der Waals surface area contributed by atoms with Gasteiger partial charge in [0.15, 0.2) is 5.58 Å². The third-order valence-corrected chi connectivity index (χ3v) is 6.19. The fourth-order valence-corrected chi connectivity index (χ4v) is 4.24. The number of hydrogen-bond donors (Lipinski definition) is 2. The minimum atomic E-state index is -4.57. The summed E-state index contributed by atoms with van der Waals surface area (Å²) in [7, 11) is 1.41. The quantitative estimate of drug-likeness (QED) is 0.476. The molecule has 2 fully saturated rings. The number of alkyl halides is 3. The summed E-state index contributed by atoms with van der Waals surface area (Å²) in [5.41, 5.74) is 0.610. The fraction of sp³-hybridized carbons (Fsp3) is 0.640. The van der Waals surface area contributed by atoms with E-state index in [9.17, 15) is 22.8 Å². The van der Waals surface area contributed by atoms with E-state index in [1.807, 2.05) is 5.32 Å². The van der Waals surface area contributed by atoms with E-state index in [0.717, 1.165) is 17.7 Å². The maximum Gasteiger partial charge on any atom is 0.410 e. The number of methoxy groups -OCH3 is 1. The number of amides is 3. The second kappa shape index (κ2) is 10.6. The number of urea groups is 1. The van der Waals surface area contributed by atoms with Crippen LogP contribution in [0.25, 0.3) is 11.1 Å². The van der Waals surface area contributed by atoms with E-state index in [-0.39, 0.29) is 18.6 Å². The highest BCUT2D eigenvalue weighted by molar-refractivity contribution is 5.78. The predicted molar refractivity (Wildman–Crippen MR) is 129 cm³/mol. The molecule has 1 aromatic carbocycles. The predicted octanol–water partition coefficient (Wildman–Crippen LogP) is 4.60. The first kappa shape index (κ1) is 28.0. The smallest absolute Gasteiger partial charge is 0.410 e. The van der Waals surface area contributed by atoms with Gasteiger partial charge >= 0.3 is 18.3 Å². The molecule has 0 spiro atoms. The van der Waals surface area contributed by atoms with E-state index >= 15 is 0 Å². The molecule has 2 aliphatic rings. The number of oxazole rings is 1. The molecule has 1 saturated carbocycles. The minimum absolute atomic E-state index is 0.0245. The van der Waals surface area contributed by atoms with Crippen molar-refractivity contribution in [2.45, 2.75) is 82.6 Å². The summed E-state index contributed by atoms with van der Waals surface area (Å²) in [4.78, 5) is 30.6. The van der Waals surface area contributed by atoms with Crippen molar-refractivity contribution in [3.05, 3.63) is 29.7 Å². The van der Waals surface area contributed by atoms with Crippen molar-refractivity contribution in [2.24, 2.45) is 0 Å². The number of alkyl carbamates (subject to hydrolysis) is 1. The molecular formula is C25H33F3N4O6. The lowest BCUT2D eigenvalue weighted by Gasteiger charge is -2.27. The Morgan fingerprint density at radius 3 is 2.58 bits per heavy atom. The van der Waals surface area contributed by atoms with Gasteiger partial charge < -0.3 is 34.2 Å². The van der Waals surface area contributed by atoms with Gasteiger partial charge in [0.2, 0.25) is 5.89 Å². The number of rotatable bonds is 9. The summed E-state index contributed by atoms with van der Waals surface area (Å²) < 4.78 is 62.3. The summed E-state index contributed by atoms with van der Waals surface area (Å²) in [6.07, 6.45) is -3.73. The molecule has 38 heavy (non-hydrogen) atoms. The molecule has 1 aromatic heterocycles. The van der Waals surface area contributed by atoms with Crippen LogP contribution in [0, 0.1) is 0 Å². The van der Waals surface area contributed by atoms with Crippen molar-refractivity contribution in [3.8, 4) is 0 Å². The number of carbonyl (C=O) groups excluding carboxylic acids is 2. The molecule has 2 N–H and O–H groups in total. The van der Waals surface area contributed by atoms with E-state index in [0.29, 0.717) is 16.7 Å².